The van der Waals surface area contributed by atoms with E-state index in [0.717, 1.165) is 36.0 Å². The lowest BCUT2D eigenvalue weighted by atomic mass is 9.82. The Balaban J connectivity index is 1.52. The Hall–Kier alpha value is -1.84. The van der Waals surface area contributed by atoms with Crippen molar-refractivity contribution in [2.75, 3.05) is 0 Å². The van der Waals surface area contributed by atoms with Crippen molar-refractivity contribution < 1.29 is 14.3 Å². The minimum atomic E-state index is -0.224. The standard InChI is InChI=1S/C21H29NO3/c1-14(2)13-15-3-7-17(8-4-15)25-18-9-5-16(6-10-18)19-11-12-20(23)22-21(19)24/h5-6,9-10,14-15,17,19H,3-4,7-8,11-13H2,1-2H3,(H,22,23,24). The van der Waals surface area contributed by atoms with E-state index < -0.39 is 0 Å². The molecule has 0 radical (unpaired) electrons. The highest BCUT2D eigenvalue weighted by atomic mass is 16.5. The Morgan fingerprint density at radius 3 is 2.32 bits per heavy atom. The maximum absolute atomic E-state index is 12.0. The van der Waals surface area contributed by atoms with Crippen LogP contribution < -0.4 is 10.1 Å². The molecule has 2 aliphatic rings. The lowest BCUT2D eigenvalue weighted by Gasteiger charge is -2.30. The number of imide groups is 1. The first-order valence-corrected chi connectivity index (χ1v) is 9.61. The first kappa shape index (κ1) is 18.0. The summed E-state index contributed by atoms with van der Waals surface area (Å²) in [7, 11) is 0. The van der Waals surface area contributed by atoms with Crippen LogP contribution in [0.3, 0.4) is 0 Å². The van der Waals surface area contributed by atoms with Gasteiger partial charge in [-0.3, -0.25) is 14.9 Å². The number of rotatable bonds is 5. The van der Waals surface area contributed by atoms with Gasteiger partial charge in [-0.1, -0.05) is 26.0 Å². The second kappa shape index (κ2) is 8.03. The number of hydrogen-bond acceptors (Lipinski definition) is 3. The zero-order valence-corrected chi connectivity index (χ0v) is 15.3. The van der Waals surface area contributed by atoms with Crippen molar-refractivity contribution in [3.8, 4) is 5.75 Å². The van der Waals surface area contributed by atoms with Crippen molar-refractivity contribution in [2.24, 2.45) is 11.8 Å². The van der Waals surface area contributed by atoms with Gasteiger partial charge in [-0.15, -0.1) is 0 Å². The summed E-state index contributed by atoms with van der Waals surface area (Å²) in [5, 5.41) is 2.42. The van der Waals surface area contributed by atoms with Crippen LogP contribution in [0.4, 0.5) is 0 Å². The number of amides is 2. The molecule has 4 heteroatoms. The van der Waals surface area contributed by atoms with Crippen LogP contribution in [0, 0.1) is 11.8 Å². The monoisotopic (exact) mass is 343 g/mol. The Kier molecular flexibility index (Phi) is 5.77. The third kappa shape index (κ3) is 4.83. The molecule has 2 amide bonds. The number of carbonyl (C=O) groups is 2. The van der Waals surface area contributed by atoms with Gasteiger partial charge in [0.05, 0.1) is 12.0 Å². The summed E-state index contributed by atoms with van der Waals surface area (Å²) in [5.74, 6) is 1.93. The van der Waals surface area contributed by atoms with Crippen molar-refractivity contribution in [2.45, 2.75) is 70.8 Å². The summed E-state index contributed by atoms with van der Waals surface area (Å²) >= 11 is 0. The highest BCUT2D eigenvalue weighted by Crippen LogP contribution is 2.32. The molecule has 136 valence electrons. The fourth-order valence-corrected chi connectivity index (χ4v) is 4.13. The lowest BCUT2D eigenvalue weighted by molar-refractivity contribution is -0.134. The predicted molar refractivity (Wildman–Crippen MR) is 97.4 cm³/mol. The molecule has 1 aromatic carbocycles. The van der Waals surface area contributed by atoms with Crippen molar-refractivity contribution in [1.82, 2.24) is 5.32 Å². The van der Waals surface area contributed by atoms with Gasteiger partial charge in [0.2, 0.25) is 11.8 Å². The van der Waals surface area contributed by atoms with E-state index in [9.17, 15) is 9.59 Å². The molecule has 1 saturated carbocycles. The largest absolute Gasteiger partial charge is 0.490 e. The van der Waals surface area contributed by atoms with Gasteiger partial charge in [-0.2, -0.15) is 0 Å². The van der Waals surface area contributed by atoms with E-state index in [2.05, 4.69) is 19.2 Å². The molecular formula is C21H29NO3. The van der Waals surface area contributed by atoms with Gasteiger partial charge in [0.25, 0.3) is 0 Å². The summed E-state index contributed by atoms with van der Waals surface area (Å²) in [6.45, 7) is 4.60. The molecule has 1 heterocycles. The number of carbonyl (C=O) groups excluding carboxylic acids is 2. The van der Waals surface area contributed by atoms with Crippen LogP contribution >= 0.6 is 0 Å². The average molecular weight is 343 g/mol. The van der Waals surface area contributed by atoms with E-state index in [-0.39, 0.29) is 17.7 Å². The number of ether oxygens (including phenoxy) is 1. The minimum Gasteiger partial charge on any atom is -0.490 e. The highest BCUT2D eigenvalue weighted by Gasteiger charge is 2.28. The molecule has 25 heavy (non-hydrogen) atoms. The quantitative estimate of drug-likeness (QED) is 0.816. The molecule has 0 bridgehead atoms. The minimum absolute atomic E-state index is 0.172. The van der Waals surface area contributed by atoms with E-state index in [1.165, 1.54) is 19.3 Å². The molecule has 4 nitrogen and oxygen atoms in total. The maximum atomic E-state index is 12.0. The van der Waals surface area contributed by atoms with Crippen molar-refractivity contribution in [3.05, 3.63) is 29.8 Å². The molecule has 1 aliphatic heterocycles. The van der Waals surface area contributed by atoms with Crippen LogP contribution in [0.5, 0.6) is 5.75 Å². The Bertz CT molecular complexity index is 600. The Labute approximate surface area is 150 Å². The molecule has 1 aromatic rings. The number of hydrogen-bond donors (Lipinski definition) is 1. The molecule has 1 atom stereocenters. The summed E-state index contributed by atoms with van der Waals surface area (Å²) in [5.41, 5.74) is 0.956. The maximum Gasteiger partial charge on any atom is 0.234 e. The molecule has 0 spiro atoms. The van der Waals surface area contributed by atoms with Gasteiger partial charge in [0.15, 0.2) is 0 Å². The van der Waals surface area contributed by atoms with Crippen molar-refractivity contribution in [3.63, 3.8) is 0 Å². The summed E-state index contributed by atoms with van der Waals surface area (Å²) in [4.78, 5) is 23.2. The smallest absolute Gasteiger partial charge is 0.234 e. The Morgan fingerprint density at radius 1 is 1.04 bits per heavy atom. The van der Waals surface area contributed by atoms with Crippen LogP contribution in [0.1, 0.15) is 70.3 Å². The molecule has 1 saturated heterocycles. The van der Waals surface area contributed by atoms with Gasteiger partial charge < -0.3 is 4.74 Å². The van der Waals surface area contributed by atoms with Gasteiger partial charge in [0, 0.05) is 6.42 Å². The molecule has 1 unspecified atom stereocenters. The highest BCUT2D eigenvalue weighted by molar-refractivity contribution is 6.00. The summed E-state index contributed by atoms with van der Waals surface area (Å²) in [6, 6.07) is 7.83. The molecule has 3 rings (SSSR count). The van der Waals surface area contributed by atoms with Gasteiger partial charge in [-0.05, 0) is 68.1 Å². The SMILES string of the molecule is CC(C)CC1CCC(Oc2ccc(C3CCC(=O)NC3=O)cc2)CC1. The number of benzene rings is 1. The Morgan fingerprint density at radius 2 is 1.72 bits per heavy atom. The summed E-state index contributed by atoms with van der Waals surface area (Å²) < 4.78 is 6.14. The van der Waals surface area contributed by atoms with E-state index in [0.29, 0.717) is 18.9 Å². The van der Waals surface area contributed by atoms with E-state index in [4.69, 9.17) is 4.74 Å². The van der Waals surface area contributed by atoms with Gasteiger partial charge in [0.1, 0.15) is 5.75 Å². The fraction of sp³-hybridized carbons (Fsp3) is 0.619. The lowest BCUT2D eigenvalue weighted by Crippen LogP contribution is -2.39. The normalized spacial score (nSPS) is 27.2. The molecule has 2 fully saturated rings. The van der Waals surface area contributed by atoms with Crippen LogP contribution in [-0.2, 0) is 9.59 Å². The average Bonchev–Trinajstić information content (AvgIpc) is 2.57. The van der Waals surface area contributed by atoms with E-state index >= 15 is 0 Å². The topological polar surface area (TPSA) is 55.4 Å². The van der Waals surface area contributed by atoms with Crippen molar-refractivity contribution in [1.29, 1.82) is 0 Å². The first-order valence-electron chi connectivity index (χ1n) is 9.61. The zero-order chi connectivity index (χ0) is 17.8. The van der Waals surface area contributed by atoms with E-state index in [1.807, 2.05) is 24.3 Å². The molecule has 1 N–H and O–H groups in total. The third-order valence-electron chi connectivity index (χ3n) is 5.42. The van der Waals surface area contributed by atoms with E-state index in [1.54, 1.807) is 0 Å². The third-order valence-corrected chi connectivity index (χ3v) is 5.42. The fourth-order valence-electron chi connectivity index (χ4n) is 4.13. The second-order valence-electron chi connectivity index (χ2n) is 7.96. The van der Waals surface area contributed by atoms with Gasteiger partial charge in [-0.25, -0.2) is 0 Å². The molecule has 1 aliphatic carbocycles. The van der Waals surface area contributed by atoms with Gasteiger partial charge >= 0.3 is 0 Å². The summed E-state index contributed by atoms with van der Waals surface area (Å²) in [6.07, 6.45) is 7.42. The molecular weight excluding hydrogens is 314 g/mol. The second-order valence-corrected chi connectivity index (χ2v) is 7.96. The molecule has 0 aromatic heterocycles. The first-order chi connectivity index (χ1) is 12.0. The van der Waals surface area contributed by atoms with Crippen LogP contribution in [0.15, 0.2) is 24.3 Å². The number of nitrogens with one attached hydrogen (secondary N) is 1. The zero-order valence-electron chi connectivity index (χ0n) is 15.3. The van der Waals surface area contributed by atoms with Crippen LogP contribution in [-0.4, -0.2) is 17.9 Å². The van der Waals surface area contributed by atoms with Crippen molar-refractivity contribution >= 4 is 11.8 Å². The van der Waals surface area contributed by atoms with Crippen LogP contribution in [0.2, 0.25) is 0 Å². The predicted octanol–water partition coefficient (Wildman–Crippen LogP) is 4.19. The number of piperidine rings is 1. The van der Waals surface area contributed by atoms with Crippen LogP contribution in [0.25, 0.3) is 0 Å².